The van der Waals surface area contributed by atoms with E-state index in [9.17, 15) is 9.59 Å². The number of primary amides is 1. The van der Waals surface area contributed by atoms with Crippen LogP contribution in [0.4, 0.5) is 5.82 Å². The van der Waals surface area contributed by atoms with E-state index in [-0.39, 0.29) is 29.6 Å². The first-order valence-corrected chi connectivity index (χ1v) is 11.0. The van der Waals surface area contributed by atoms with E-state index in [2.05, 4.69) is 38.6 Å². The molecule has 1 saturated carbocycles. The van der Waals surface area contributed by atoms with Gasteiger partial charge in [0.2, 0.25) is 5.91 Å². The van der Waals surface area contributed by atoms with Crippen molar-refractivity contribution in [3.8, 4) is 17.2 Å². The topological polar surface area (TPSA) is 148 Å². The van der Waals surface area contributed by atoms with Crippen molar-refractivity contribution in [2.75, 3.05) is 5.32 Å². The fraction of sp³-hybridized carbons (Fsp3) is 0.333. The molecule has 3 aromatic rings. The molecule has 0 unspecified atom stereocenters. The minimum atomic E-state index is -0.733. The molecule has 166 valence electrons. The molecule has 33 heavy (non-hydrogen) atoms. The Balaban J connectivity index is 1.41. The minimum absolute atomic E-state index is 0.0627. The Hall–Kier alpha value is -4.06. The molecule has 1 fully saturated rings. The average Bonchev–Trinajstić information content (AvgIpc) is 3.51. The normalized spacial score (nSPS) is 21.4. The molecular weight excluding hydrogens is 420 g/mol. The lowest BCUT2D eigenvalue weighted by Crippen LogP contribution is -2.15. The van der Waals surface area contributed by atoms with Crippen molar-refractivity contribution >= 4 is 17.6 Å². The van der Waals surface area contributed by atoms with E-state index in [0.717, 1.165) is 42.4 Å². The lowest BCUT2D eigenvalue weighted by Gasteiger charge is -2.15. The van der Waals surface area contributed by atoms with Gasteiger partial charge in [0.1, 0.15) is 5.82 Å². The third kappa shape index (κ3) is 4.20. The standard InChI is InChI=1S/C24H22N6O3/c25-12-16-10-19(16)23(32)28-20-11-14(7-8-27-20)13-5-6-17-15(9-13)3-1-2-4-18(17)22-29-24(21(26)31)33-30-22/h5-9,11,16,18-19H,1-4,10H2,(H2,26,31)(H,27,28,32)/t16-,18+,19+/m1/s1. The number of nitriles is 1. The van der Waals surface area contributed by atoms with Gasteiger partial charge in [0.05, 0.1) is 17.9 Å². The van der Waals surface area contributed by atoms with Gasteiger partial charge < -0.3 is 15.6 Å². The number of carbonyl (C=O) groups is 2. The number of hydrogen-bond acceptors (Lipinski definition) is 7. The summed E-state index contributed by atoms with van der Waals surface area (Å²) in [4.78, 5) is 32.1. The second kappa shape index (κ2) is 8.47. The molecule has 2 aliphatic rings. The molecule has 2 heterocycles. The summed E-state index contributed by atoms with van der Waals surface area (Å²) in [5.74, 6) is -0.619. The summed E-state index contributed by atoms with van der Waals surface area (Å²) in [6.07, 6.45) is 6.10. The van der Waals surface area contributed by atoms with Crippen LogP contribution in [-0.4, -0.2) is 26.9 Å². The van der Waals surface area contributed by atoms with Crippen LogP contribution in [0.5, 0.6) is 0 Å². The summed E-state index contributed by atoms with van der Waals surface area (Å²) in [6.45, 7) is 0. The fourth-order valence-corrected chi connectivity index (χ4v) is 4.43. The van der Waals surface area contributed by atoms with Crippen LogP contribution in [0.2, 0.25) is 0 Å². The van der Waals surface area contributed by atoms with Crippen molar-refractivity contribution in [2.45, 2.75) is 38.0 Å². The number of fused-ring (bicyclic) bond motifs is 1. The van der Waals surface area contributed by atoms with Crippen LogP contribution >= 0.6 is 0 Å². The first-order chi connectivity index (χ1) is 16.0. The number of aryl methyl sites for hydroxylation is 1. The summed E-state index contributed by atoms with van der Waals surface area (Å²) in [5.41, 5.74) is 9.52. The van der Waals surface area contributed by atoms with Crippen LogP contribution in [0.25, 0.3) is 11.1 Å². The lowest BCUT2D eigenvalue weighted by atomic mass is 9.90. The number of rotatable bonds is 5. The number of anilines is 1. The van der Waals surface area contributed by atoms with E-state index in [4.69, 9.17) is 15.5 Å². The Bertz CT molecular complexity index is 1280. The smallest absolute Gasteiger partial charge is 0.315 e. The van der Waals surface area contributed by atoms with Gasteiger partial charge in [-0.25, -0.2) is 4.98 Å². The summed E-state index contributed by atoms with van der Waals surface area (Å²) < 4.78 is 5.01. The third-order valence-electron chi connectivity index (χ3n) is 6.31. The van der Waals surface area contributed by atoms with Gasteiger partial charge in [-0.1, -0.05) is 29.8 Å². The zero-order valence-electron chi connectivity index (χ0n) is 17.8. The van der Waals surface area contributed by atoms with Crippen molar-refractivity contribution in [3.05, 3.63) is 59.4 Å². The molecule has 2 amide bonds. The van der Waals surface area contributed by atoms with Crippen LogP contribution in [0.1, 0.15) is 59.2 Å². The van der Waals surface area contributed by atoms with Crippen molar-refractivity contribution in [3.63, 3.8) is 0 Å². The van der Waals surface area contributed by atoms with Gasteiger partial charge in [0.25, 0.3) is 0 Å². The van der Waals surface area contributed by atoms with Crippen molar-refractivity contribution in [1.82, 2.24) is 15.1 Å². The van der Waals surface area contributed by atoms with Crippen LogP contribution in [0.3, 0.4) is 0 Å². The second-order valence-corrected chi connectivity index (χ2v) is 8.53. The minimum Gasteiger partial charge on any atom is -0.361 e. The number of aromatic nitrogens is 3. The second-order valence-electron chi connectivity index (χ2n) is 8.53. The van der Waals surface area contributed by atoms with E-state index in [0.29, 0.717) is 18.1 Å². The zero-order chi connectivity index (χ0) is 22.9. The van der Waals surface area contributed by atoms with E-state index in [1.54, 1.807) is 6.20 Å². The predicted octanol–water partition coefficient (Wildman–Crippen LogP) is 3.19. The van der Waals surface area contributed by atoms with Crippen molar-refractivity contribution in [2.24, 2.45) is 17.6 Å². The maximum atomic E-state index is 12.3. The van der Waals surface area contributed by atoms with Crippen LogP contribution < -0.4 is 11.1 Å². The zero-order valence-corrected chi connectivity index (χ0v) is 17.8. The first-order valence-electron chi connectivity index (χ1n) is 11.0. The largest absolute Gasteiger partial charge is 0.361 e. The average molecular weight is 442 g/mol. The number of nitrogens with zero attached hydrogens (tertiary/aromatic N) is 4. The molecular formula is C24H22N6O3. The number of amides is 2. The number of carbonyl (C=O) groups excluding carboxylic acids is 2. The Morgan fingerprint density at radius 1 is 1.18 bits per heavy atom. The van der Waals surface area contributed by atoms with E-state index in [1.807, 2.05) is 18.2 Å². The van der Waals surface area contributed by atoms with Gasteiger partial charge >= 0.3 is 11.8 Å². The van der Waals surface area contributed by atoms with Crippen LogP contribution in [-0.2, 0) is 11.2 Å². The molecule has 2 aliphatic carbocycles. The highest BCUT2D eigenvalue weighted by molar-refractivity contribution is 5.94. The quantitative estimate of drug-likeness (QED) is 0.577. The van der Waals surface area contributed by atoms with Gasteiger partial charge in [-0.05, 0) is 60.1 Å². The van der Waals surface area contributed by atoms with E-state index < -0.39 is 5.91 Å². The van der Waals surface area contributed by atoms with Crippen molar-refractivity contribution < 1.29 is 14.1 Å². The Morgan fingerprint density at radius 2 is 2.03 bits per heavy atom. The highest BCUT2D eigenvalue weighted by Crippen LogP contribution is 2.39. The van der Waals surface area contributed by atoms with E-state index in [1.165, 1.54) is 5.56 Å². The van der Waals surface area contributed by atoms with Gasteiger partial charge in [-0.3, -0.25) is 9.59 Å². The molecule has 9 nitrogen and oxygen atoms in total. The third-order valence-corrected chi connectivity index (χ3v) is 6.31. The summed E-state index contributed by atoms with van der Waals surface area (Å²) in [7, 11) is 0. The number of benzene rings is 1. The molecule has 0 aliphatic heterocycles. The summed E-state index contributed by atoms with van der Waals surface area (Å²) in [5, 5.41) is 15.8. The molecule has 3 N–H and O–H groups in total. The number of pyridine rings is 1. The van der Waals surface area contributed by atoms with Crippen LogP contribution in [0.15, 0.2) is 41.1 Å². The van der Waals surface area contributed by atoms with E-state index >= 15 is 0 Å². The lowest BCUT2D eigenvalue weighted by molar-refractivity contribution is -0.117. The summed E-state index contributed by atoms with van der Waals surface area (Å²) >= 11 is 0. The molecule has 1 aromatic carbocycles. The van der Waals surface area contributed by atoms with Gasteiger partial charge in [-0.2, -0.15) is 10.2 Å². The van der Waals surface area contributed by atoms with Gasteiger partial charge in [-0.15, -0.1) is 0 Å². The highest BCUT2D eigenvalue weighted by atomic mass is 16.5. The van der Waals surface area contributed by atoms with Gasteiger partial charge in [0.15, 0.2) is 5.82 Å². The molecule has 2 aromatic heterocycles. The van der Waals surface area contributed by atoms with Gasteiger partial charge in [0, 0.05) is 12.1 Å². The maximum absolute atomic E-state index is 12.3. The molecule has 0 spiro atoms. The molecule has 9 heteroatoms. The highest BCUT2D eigenvalue weighted by Gasteiger charge is 2.43. The molecule has 3 atom stereocenters. The number of nitrogens with two attached hydrogens (primary N) is 1. The first kappa shape index (κ1) is 20.8. The summed E-state index contributed by atoms with van der Waals surface area (Å²) in [6, 6.07) is 12.1. The Labute approximate surface area is 190 Å². The molecule has 5 rings (SSSR count). The fourth-order valence-electron chi connectivity index (χ4n) is 4.43. The van der Waals surface area contributed by atoms with Crippen molar-refractivity contribution in [1.29, 1.82) is 5.26 Å². The SMILES string of the molecule is N#C[C@H]1C[C@@H]1C(=O)Nc1cc(-c2ccc3c(c2)CCCC[C@@H]3c2noc(C(N)=O)n2)ccn1. The monoisotopic (exact) mass is 442 g/mol. The molecule has 0 bridgehead atoms. The maximum Gasteiger partial charge on any atom is 0.315 e. The Kier molecular flexibility index (Phi) is 5.34. The predicted molar refractivity (Wildman–Crippen MR) is 118 cm³/mol. The molecule has 0 radical (unpaired) electrons. The number of nitrogens with one attached hydrogen (secondary N) is 1. The van der Waals surface area contributed by atoms with Crippen LogP contribution in [0, 0.1) is 23.2 Å². The number of hydrogen-bond donors (Lipinski definition) is 2. The Morgan fingerprint density at radius 3 is 2.79 bits per heavy atom. The molecule has 0 saturated heterocycles.